The van der Waals surface area contributed by atoms with Gasteiger partial charge in [-0.2, -0.15) is 5.26 Å². The summed E-state index contributed by atoms with van der Waals surface area (Å²) < 4.78 is 0. The van der Waals surface area contributed by atoms with Gasteiger partial charge in [-0.1, -0.05) is 26.0 Å². The number of amides is 1. The van der Waals surface area contributed by atoms with Gasteiger partial charge in [0, 0.05) is 19.5 Å². The molecule has 4 nitrogen and oxygen atoms in total. The number of benzene rings is 1. The van der Waals surface area contributed by atoms with Crippen LogP contribution in [0.3, 0.4) is 0 Å². The lowest BCUT2D eigenvalue weighted by atomic mass is 10.2. The van der Waals surface area contributed by atoms with Crippen molar-refractivity contribution >= 4 is 11.6 Å². The lowest BCUT2D eigenvalue weighted by Crippen LogP contribution is -2.28. The van der Waals surface area contributed by atoms with Gasteiger partial charge in [-0.25, -0.2) is 0 Å². The Bertz CT molecular complexity index is 435. The standard InChI is InChI=1S/C14H19N3O/c1-11(2)10-17-14(18)7-8-16-13-6-4-3-5-12(13)9-15/h3-6,11,16H,7-8,10H2,1-2H3,(H,17,18). The summed E-state index contributed by atoms with van der Waals surface area (Å²) in [4.78, 5) is 11.5. The van der Waals surface area contributed by atoms with Gasteiger partial charge in [0.25, 0.3) is 0 Å². The number of nitrogens with zero attached hydrogens (tertiary/aromatic N) is 1. The minimum Gasteiger partial charge on any atom is -0.383 e. The second kappa shape index (κ2) is 7.33. The van der Waals surface area contributed by atoms with Gasteiger partial charge >= 0.3 is 0 Å². The van der Waals surface area contributed by atoms with Crippen LogP contribution in [0.1, 0.15) is 25.8 Å². The van der Waals surface area contributed by atoms with E-state index in [-0.39, 0.29) is 5.91 Å². The third-order valence-electron chi connectivity index (χ3n) is 2.42. The first-order valence-corrected chi connectivity index (χ1v) is 6.13. The first-order valence-electron chi connectivity index (χ1n) is 6.13. The highest BCUT2D eigenvalue weighted by Crippen LogP contribution is 2.12. The lowest BCUT2D eigenvalue weighted by Gasteiger charge is -2.09. The highest BCUT2D eigenvalue weighted by atomic mass is 16.1. The maximum absolute atomic E-state index is 11.5. The molecule has 4 heteroatoms. The molecule has 0 aliphatic heterocycles. The van der Waals surface area contributed by atoms with Gasteiger partial charge in [-0.05, 0) is 18.1 Å². The maximum Gasteiger partial charge on any atom is 0.221 e. The van der Waals surface area contributed by atoms with Crippen molar-refractivity contribution in [1.29, 1.82) is 5.26 Å². The molecule has 0 saturated carbocycles. The molecule has 0 heterocycles. The van der Waals surface area contributed by atoms with Crippen molar-refractivity contribution in [1.82, 2.24) is 5.32 Å². The van der Waals surface area contributed by atoms with Crippen LogP contribution in [0.2, 0.25) is 0 Å². The van der Waals surface area contributed by atoms with Gasteiger partial charge in [-0.3, -0.25) is 4.79 Å². The number of nitriles is 1. The van der Waals surface area contributed by atoms with Crippen molar-refractivity contribution in [3.05, 3.63) is 29.8 Å². The molecule has 1 amide bonds. The monoisotopic (exact) mass is 245 g/mol. The fraction of sp³-hybridized carbons (Fsp3) is 0.429. The van der Waals surface area contributed by atoms with Crippen LogP contribution in [0.4, 0.5) is 5.69 Å². The van der Waals surface area contributed by atoms with E-state index in [1.54, 1.807) is 6.07 Å². The molecule has 0 unspecified atom stereocenters. The summed E-state index contributed by atoms with van der Waals surface area (Å²) >= 11 is 0. The first kappa shape index (κ1) is 14.0. The van der Waals surface area contributed by atoms with E-state index in [9.17, 15) is 4.79 Å². The molecule has 0 radical (unpaired) electrons. The van der Waals surface area contributed by atoms with E-state index in [0.717, 1.165) is 5.69 Å². The molecule has 1 aromatic rings. The van der Waals surface area contributed by atoms with E-state index in [1.807, 2.05) is 18.2 Å². The van der Waals surface area contributed by atoms with Crippen LogP contribution >= 0.6 is 0 Å². The molecule has 0 saturated heterocycles. The topological polar surface area (TPSA) is 64.9 Å². The van der Waals surface area contributed by atoms with Crippen LogP contribution in [0.25, 0.3) is 0 Å². The summed E-state index contributed by atoms with van der Waals surface area (Å²) in [5.74, 6) is 0.492. The number of rotatable bonds is 6. The van der Waals surface area contributed by atoms with Gasteiger partial charge in [0.1, 0.15) is 6.07 Å². The highest BCUT2D eigenvalue weighted by molar-refractivity contribution is 5.76. The van der Waals surface area contributed by atoms with Crippen molar-refractivity contribution in [2.24, 2.45) is 5.92 Å². The minimum atomic E-state index is 0.0330. The predicted molar refractivity (Wildman–Crippen MR) is 72.1 cm³/mol. The molecule has 1 aromatic carbocycles. The Hall–Kier alpha value is -2.02. The molecule has 1 rings (SSSR count). The zero-order valence-electron chi connectivity index (χ0n) is 10.9. The number of carbonyl (C=O) groups excluding carboxylic acids is 1. The molecule has 0 aliphatic rings. The normalized spacial score (nSPS) is 9.89. The smallest absolute Gasteiger partial charge is 0.221 e. The number of hydrogen-bond acceptors (Lipinski definition) is 3. The van der Waals surface area contributed by atoms with E-state index in [0.29, 0.717) is 31.0 Å². The summed E-state index contributed by atoms with van der Waals surface area (Å²) in [6.45, 7) is 5.35. The third kappa shape index (κ3) is 4.88. The fourth-order valence-electron chi connectivity index (χ4n) is 1.45. The molecule has 0 fully saturated rings. The largest absolute Gasteiger partial charge is 0.383 e. The molecule has 0 aromatic heterocycles. The Kier molecular flexibility index (Phi) is 5.72. The molecule has 96 valence electrons. The van der Waals surface area contributed by atoms with E-state index in [2.05, 4.69) is 30.6 Å². The predicted octanol–water partition coefficient (Wildman–Crippen LogP) is 2.13. The van der Waals surface area contributed by atoms with Crippen LogP contribution in [-0.2, 0) is 4.79 Å². The summed E-state index contributed by atoms with van der Waals surface area (Å²) in [5, 5.41) is 14.9. The number of nitrogens with one attached hydrogen (secondary N) is 2. The van der Waals surface area contributed by atoms with Gasteiger partial charge in [0.05, 0.1) is 11.3 Å². The SMILES string of the molecule is CC(C)CNC(=O)CCNc1ccccc1C#N. The van der Waals surface area contributed by atoms with Crippen LogP contribution in [0.5, 0.6) is 0 Å². The summed E-state index contributed by atoms with van der Waals surface area (Å²) in [6, 6.07) is 9.38. The van der Waals surface area contributed by atoms with Crippen molar-refractivity contribution in [2.75, 3.05) is 18.4 Å². The van der Waals surface area contributed by atoms with Gasteiger partial charge < -0.3 is 10.6 Å². The van der Waals surface area contributed by atoms with Crippen LogP contribution in [-0.4, -0.2) is 19.0 Å². The van der Waals surface area contributed by atoms with Gasteiger partial charge in [-0.15, -0.1) is 0 Å². The second-order valence-electron chi connectivity index (χ2n) is 4.53. The average Bonchev–Trinajstić information content (AvgIpc) is 2.37. The zero-order chi connectivity index (χ0) is 13.4. The van der Waals surface area contributed by atoms with Crippen molar-refractivity contribution < 1.29 is 4.79 Å². The molecule has 0 spiro atoms. The third-order valence-corrected chi connectivity index (χ3v) is 2.42. The Labute approximate surface area is 108 Å². The quantitative estimate of drug-likeness (QED) is 0.807. The molecule has 18 heavy (non-hydrogen) atoms. The van der Waals surface area contributed by atoms with Crippen molar-refractivity contribution in [3.63, 3.8) is 0 Å². The van der Waals surface area contributed by atoms with Crippen LogP contribution in [0.15, 0.2) is 24.3 Å². The summed E-state index contributed by atoms with van der Waals surface area (Å²) in [5.41, 5.74) is 1.37. The van der Waals surface area contributed by atoms with E-state index in [1.165, 1.54) is 0 Å². The number of anilines is 1. The number of para-hydroxylation sites is 1. The number of hydrogen-bond donors (Lipinski definition) is 2. The highest BCUT2D eigenvalue weighted by Gasteiger charge is 2.03. The first-order chi connectivity index (χ1) is 8.63. The lowest BCUT2D eigenvalue weighted by molar-refractivity contribution is -0.120. The van der Waals surface area contributed by atoms with Gasteiger partial charge in [0.15, 0.2) is 0 Å². The maximum atomic E-state index is 11.5. The van der Waals surface area contributed by atoms with Crippen molar-refractivity contribution in [2.45, 2.75) is 20.3 Å². The molecule has 0 bridgehead atoms. The molecule has 2 N–H and O–H groups in total. The number of carbonyl (C=O) groups is 1. The Morgan fingerprint density at radius 3 is 2.78 bits per heavy atom. The zero-order valence-corrected chi connectivity index (χ0v) is 10.9. The van der Waals surface area contributed by atoms with E-state index in [4.69, 9.17) is 5.26 Å². The Balaban J connectivity index is 2.33. The minimum absolute atomic E-state index is 0.0330. The van der Waals surface area contributed by atoms with E-state index >= 15 is 0 Å². The Morgan fingerprint density at radius 2 is 2.11 bits per heavy atom. The summed E-state index contributed by atoms with van der Waals surface area (Å²) in [7, 11) is 0. The fourth-order valence-corrected chi connectivity index (χ4v) is 1.45. The summed E-state index contributed by atoms with van der Waals surface area (Å²) in [6.07, 6.45) is 0.409. The molecule has 0 aliphatic carbocycles. The van der Waals surface area contributed by atoms with Gasteiger partial charge in [0.2, 0.25) is 5.91 Å². The van der Waals surface area contributed by atoms with Crippen LogP contribution < -0.4 is 10.6 Å². The van der Waals surface area contributed by atoms with Crippen molar-refractivity contribution in [3.8, 4) is 6.07 Å². The molecular weight excluding hydrogens is 226 g/mol. The van der Waals surface area contributed by atoms with E-state index < -0.39 is 0 Å². The average molecular weight is 245 g/mol. The molecular formula is C14H19N3O. The van der Waals surface area contributed by atoms with Crippen LogP contribution in [0, 0.1) is 17.2 Å². The second-order valence-corrected chi connectivity index (χ2v) is 4.53. The Morgan fingerprint density at radius 1 is 1.39 bits per heavy atom. The molecule has 0 atom stereocenters.